The molecule has 0 saturated carbocycles. The van der Waals surface area contributed by atoms with Gasteiger partial charge < -0.3 is 0 Å². The molecule has 0 aromatic heterocycles. The van der Waals surface area contributed by atoms with Gasteiger partial charge in [0.05, 0.1) is 0 Å². The second-order valence-corrected chi connectivity index (χ2v) is 14.9. The Morgan fingerprint density at radius 3 is 1.57 bits per heavy atom. The minimum absolute atomic E-state index is 0.0979. The number of rotatable bonds is 6. The summed E-state index contributed by atoms with van der Waals surface area (Å²) in [5, 5.41) is 1.13. The molecular formula is C33H44OSe. The van der Waals surface area contributed by atoms with Crippen LogP contribution in [0, 0.1) is 0 Å². The van der Waals surface area contributed by atoms with Crippen LogP contribution in [0.3, 0.4) is 0 Å². The third-order valence-corrected chi connectivity index (χ3v) is 9.26. The van der Waals surface area contributed by atoms with Gasteiger partial charge in [0.15, 0.2) is 0 Å². The molecule has 3 rings (SSSR count). The maximum absolute atomic E-state index is 5.43. The van der Waals surface area contributed by atoms with Crippen LogP contribution in [0.4, 0.5) is 0 Å². The molecule has 1 nitrogen and oxygen atoms in total. The molecule has 0 spiro atoms. The van der Waals surface area contributed by atoms with Crippen molar-refractivity contribution >= 4 is 19.4 Å². The average molecular weight is 536 g/mol. The molecule has 0 fully saturated rings. The Bertz CT molecular complexity index is 1070. The second kappa shape index (κ2) is 10.5. The summed E-state index contributed by atoms with van der Waals surface area (Å²) in [6, 6.07) is 24.7. The molecule has 0 heterocycles. The molecule has 2 heteroatoms. The van der Waals surface area contributed by atoms with Gasteiger partial charge in [-0.15, -0.1) is 0 Å². The van der Waals surface area contributed by atoms with Crippen molar-refractivity contribution in [3.05, 3.63) is 94.5 Å². The summed E-state index contributed by atoms with van der Waals surface area (Å²) in [7, 11) is 1.73. The van der Waals surface area contributed by atoms with Crippen molar-refractivity contribution < 1.29 is 4.74 Å². The number of hydrogen-bond donors (Lipinski definition) is 0. The number of ether oxygens (including phenoxy) is 1. The summed E-state index contributed by atoms with van der Waals surface area (Å²) in [6.45, 7) is 21.2. The topological polar surface area (TPSA) is 9.23 Å². The van der Waals surface area contributed by atoms with Crippen LogP contribution in [0.5, 0.6) is 5.75 Å². The fraction of sp³-hybridized carbons (Fsp3) is 0.455. The Hall–Kier alpha value is -2.02. The van der Waals surface area contributed by atoms with Crippen molar-refractivity contribution in [2.75, 3.05) is 7.11 Å². The second-order valence-electron chi connectivity index (χ2n) is 12.7. The molecule has 1 atom stereocenters. The standard InChI is InChI=1S/C33H44OSe/c1-31(2,3)25-20-28(32(4,5)6)30(29(21-25)33(7,8)9)35-22-27(23-14-12-11-13-15-23)24-16-18-26(34-10)19-17-24/h11-21,27H,22H2,1-10H3/t27-/m0/s1. The Morgan fingerprint density at radius 1 is 0.657 bits per heavy atom. The number of methoxy groups -OCH3 is 1. The van der Waals surface area contributed by atoms with E-state index in [1.807, 2.05) is 0 Å². The molecule has 0 N–H and O–H groups in total. The molecule has 3 aromatic rings. The van der Waals surface area contributed by atoms with Crippen LogP contribution < -0.4 is 9.20 Å². The molecule has 35 heavy (non-hydrogen) atoms. The van der Waals surface area contributed by atoms with Crippen molar-refractivity contribution in [2.24, 2.45) is 0 Å². The Kier molecular flexibility index (Phi) is 8.30. The van der Waals surface area contributed by atoms with Gasteiger partial charge in [-0.25, -0.2) is 0 Å². The molecule has 0 radical (unpaired) electrons. The van der Waals surface area contributed by atoms with Crippen LogP contribution in [0.1, 0.15) is 96.0 Å². The first-order valence-electron chi connectivity index (χ1n) is 12.7. The predicted octanol–water partition coefficient (Wildman–Crippen LogP) is 8.17. The van der Waals surface area contributed by atoms with Crippen LogP contribution in [-0.2, 0) is 16.2 Å². The molecule has 0 bridgehead atoms. The normalized spacial score (nSPS) is 13.5. The van der Waals surface area contributed by atoms with Crippen molar-refractivity contribution in [3.8, 4) is 5.75 Å². The number of benzene rings is 3. The average Bonchev–Trinajstić information content (AvgIpc) is 2.78. The van der Waals surface area contributed by atoms with E-state index in [0.29, 0.717) is 20.9 Å². The zero-order valence-electron chi connectivity index (χ0n) is 23.5. The monoisotopic (exact) mass is 536 g/mol. The Balaban J connectivity index is 2.12. The molecule has 0 aliphatic rings. The molecule has 0 aliphatic heterocycles. The number of hydrogen-bond acceptors (Lipinski definition) is 1. The van der Waals surface area contributed by atoms with E-state index in [1.165, 1.54) is 27.8 Å². The van der Waals surface area contributed by atoms with Crippen molar-refractivity contribution in [3.63, 3.8) is 0 Å². The van der Waals surface area contributed by atoms with Gasteiger partial charge >= 0.3 is 221 Å². The summed E-state index contributed by atoms with van der Waals surface area (Å²) >= 11 is 0.322. The van der Waals surface area contributed by atoms with Crippen molar-refractivity contribution in [1.82, 2.24) is 0 Å². The maximum atomic E-state index is 5.43. The van der Waals surface area contributed by atoms with E-state index in [0.717, 1.165) is 11.1 Å². The molecule has 3 aromatic carbocycles. The van der Waals surface area contributed by atoms with Crippen molar-refractivity contribution in [1.29, 1.82) is 0 Å². The van der Waals surface area contributed by atoms with E-state index in [1.54, 1.807) is 11.6 Å². The van der Waals surface area contributed by atoms with Gasteiger partial charge in [0, 0.05) is 0 Å². The molecule has 0 aliphatic carbocycles. The third-order valence-electron chi connectivity index (χ3n) is 6.69. The van der Waals surface area contributed by atoms with Crippen LogP contribution in [0.15, 0.2) is 66.7 Å². The van der Waals surface area contributed by atoms with Gasteiger partial charge in [-0.05, 0) is 0 Å². The molecule has 0 amide bonds. The van der Waals surface area contributed by atoms with Gasteiger partial charge in [0.2, 0.25) is 0 Å². The van der Waals surface area contributed by atoms with Crippen molar-refractivity contribution in [2.45, 2.75) is 89.8 Å². The summed E-state index contributed by atoms with van der Waals surface area (Å²) < 4.78 is 7.03. The van der Waals surface area contributed by atoms with E-state index in [4.69, 9.17) is 4.74 Å². The van der Waals surface area contributed by atoms with Crippen LogP contribution in [0.2, 0.25) is 5.32 Å². The fourth-order valence-electron chi connectivity index (χ4n) is 4.40. The van der Waals surface area contributed by atoms with E-state index in [9.17, 15) is 0 Å². The van der Waals surface area contributed by atoms with Crippen LogP contribution in [-0.4, -0.2) is 22.1 Å². The van der Waals surface area contributed by atoms with Crippen LogP contribution in [0.25, 0.3) is 0 Å². The Morgan fingerprint density at radius 2 is 1.14 bits per heavy atom. The predicted molar refractivity (Wildman–Crippen MR) is 154 cm³/mol. The minimum atomic E-state index is 0.0979. The van der Waals surface area contributed by atoms with Gasteiger partial charge in [-0.2, -0.15) is 0 Å². The zero-order valence-corrected chi connectivity index (χ0v) is 25.2. The molecule has 0 unspecified atom stereocenters. The summed E-state index contributed by atoms with van der Waals surface area (Å²) in [5.41, 5.74) is 7.57. The van der Waals surface area contributed by atoms with E-state index in [2.05, 4.69) is 129 Å². The zero-order chi connectivity index (χ0) is 26.0. The summed E-state index contributed by atoms with van der Waals surface area (Å²) in [6.07, 6.45) is 0. The SMILES string of the molecule is COc1ccc([C@@H](C[Se]c2c(C(C)(C)C)cc(C(C)(C)C)cc2C(C)(C)C)c2ccccc2)cc1. The molecule has 0 saturated heterocycles. The van der Waals surface area contributed by atoms with E-state index in [-0.39, 0.29) is 16.2 Å². The summed E-state index contributed by atoms with van der Waals surface area (Å²) in [4.78, 5) is 0. The quantitative estimate of drug-likeness (QED) is 0.289. The van der Waals surface area contributed by atoms with Crippen LogP contribution >= 0.6 is 0 Å². The third kappa shape index (κ3) is 6.81. The first-order valence-corrected chi connectivity index (χ1v) is 14.8. The van der Waals surface area contributed by atoms with E-state index >= 15 is 0 Å². The molecular weight excluding hydrogens is 491 g/mol. The van der Waals surface area contributed by atoms with E-state index < -0.39 is 0 Å². The first-order chi connectivity index (χ1) is 16.2. The Labute approximate surface area is 220 Å². The first kappa shape index (κ1) is 27.6. The van der Waals surface area contributed by atoms with Gasteiger partial charge in [0.25, 0.3) is 0 Å². The summed E-state index contributed by atoms with van der Waals surface area (Å²) in [5.74, 6) is 1.28. The van der Waals surface area contributed by atoms with Gasteiger partial charge in [0.1, 0.15) is 0 Å². The fourth-order valence-corrected chi connectivity index (χ4v) is 8.10. The van der Waals surface area contributed by atoms with Gasteiger partial charge in [-0.3, -0.25) is 0 Å². The molecule has 188 valence electrons. The van der Waals surface area contributed by atoms with Gasteiger partial charge in [-0.1, -0.05) is 0 Å².